The van der Waals surface area contributed by atoms with Crippen molar-refractivity contribution in [2.75, 3.05) is 53.0 Å². The highest BCUT2D eigenvalue weighted by Gasteiger charge is 2.57. The van der Waals surface area contributed by atoms with Crippen LogP contribution in [0.5, 0.6) is 5.75 Å². The Balaban J connectivity index is 1.63. The summed E-state index contributed by atoms with van der Waals surface area (Å²) in [5.41, 5.74) is 0.816. The summed E-state index contributed by atoms with van der Waals surface area (Å²) in [5, 5.41) is 38.9. The number of aliphatic hydroxyl groups excluding tert-OH is 3. The number of ether oxygens (including phenoxy) is 1. The second-order valence-corrected chi connectivity index (χ2v) is 8.64. The van der Waals surface area contributed by atoms with Gasteiger partial charge >= 0.3 is 0 Å². The highest BCUT2D eigenvalue weighted by molar-refractivity contribution is 5.27. The zero-order chi connectivity index (χ0) is 21.9. The minimum atomic E-state index is -0.991. The van der Waals surface area contributed by atoms with Crippen LogP contribution in [0.2, 0.25) is 0 Å². The van der Waals surface area contributed by atoms with Gasteiger partial charge in [-0.3, -0.25) is 14.8 Å². The van der Waals surface area contributed by atoms with Crippen molar-refractivity contribution in [3.05, 3.63) is 30.1 Å². The van der Waals surface area contributed by atoms with Crippen LogP contribution >= 0.6 is 0 Å². The number of quaternary nitrogens is 1. The van der Waals surface area contributed by atoms with Crippen LogP contribution in [0.3, 0.4) is 0 Å². The van der Waals surface area contributed by atoms with E-state index in [9.17, 15) is 20.4 Å². The van der Waals surface area contributed by atoms with Gasteiger partial charge in [-0.25, -0.2) is 0 Å². The Hall–Kier alpha value is -1.33. The average Bonchev–Trinajstić information content (AvgIpc) is 3.07. The molecule has 1 aromatic rings. The summed E-state index contributed by atoms with van der Waals surface area (Å²) in [6, 6.07) is 2.68. The first-order valence-electron chi connectivity index (χ1n) is 10.6. The molecule has 0 saturated carbocycles. The number of pyridine rings is 1. The molecular weight excluding hydrogens is 388 g/mol. The number of morpholine rings is 1. The summed E-state index contributed by atoms with van der Waals surface area (Å²) in [5.74, 6) is 0.178. The highest BCUT2D eigenvalue weighted by Crippen LogP contribution is 2.52. The molecule has 2 aliphatic heterocycles. The Morgan fingerprint density at radius 2 is 2.07 bits per heavy atom. The number of nitrogens with zero attached hydrogens (tertiary/aromatic N) is 4. The summed E-state index contributed by atoms with van der Waals surface area (Å²) in [7, 11) is 1.83. The fraction of sp³-hybridized carbons (Fsp3) is 0.714. The van der Waals surface area contributed by atoms with E-state index >= 15 is 0 Å². The first-order chi connectivity index (χ1) is 14.3. The van der Waals surface area contributed by atoms with Crippen molar-refractivity contribution >= 4 is 0 Å². The predicted octanol–water partition coefficient (Wildman–Crippen LogP) is -0.638. The fourth-order valence-corrected chi connectivity index (χ4v) is 4.57. The third-order valence-corrected chi connectivity index (χ3v) is 6.64. The molecule has 2 fully saturated rings. The van der Waals surface area contributed by atoms with Gasteiger partial charge in [0.15, 0.2) is 0 Å². The van der Waals surface area contributed by atoms with Crippen molar-refractivity contribution in [2.24, 2.45) is 0 Å². The topological polar surface area (TPSA) is 110 Å². The average molecular weight is 425 g/mol. The molecule has 0 amide bonds. The summed E-state index contributed by atoms with van der Waals surface area (Å²) < 4.78 is 6.90. The molecular formula is C21H36N4O5. The Labute approximate surface area is 178 Å². The van der Waals surface area contributed by atoms with Gasteiger partial charge in [-0.05, 0) is 26.1 Å². The Morgan fingerprint density at radius 3 is 2.70 bits per heavy atom. The summed E-state index contributed by atoms with van der Waals surface area (Å²) in [6.07, 6.45) is 2.63. The summed E-state index contributed by atoms with van der Waals surface area (Å²) in [6.45, 7) is 8.29. The van der Waals surface area contributed by atoms with Crippen LogP contribution in [0.15, 0.2) is 18.5 Å². The van der Waals surface area contributed by atoms with Gasteiger partial charge in [0.25, 0.3) is 0 Å². The molecule has 9 heteroatoms. The van der Waals surface area contributed by atoms with E-state index in [1.165, 1.54) is 12.2 Å². The maximum Gasteiger partial charge on any atom is 0.138 e. The molecule has 0 unspecified atom stereocenters. The number of aromatic nitrogens is 1. The molecule has 3 rings (SSSR count). The van der Waals surface area contributed by atoms with Crippen molar-refractivity contribution in [3.8, 4) is 5.75 Å². The number of aliphatic hydroxyl groups is 3. The molecule has 0 bridgehead atoms. The second-order valence-electron chi connectivity index (χ2n) is 8.64. The zero-order valence-corrected chi connectivity index (χ0v) is 18.2. The summed E-state index contributed by atoms with van der Waals surface area (Å²) >= 11 is 0. The molecule has 0 aliphatic carbocycles. The third kappa shape index (κ3) is 4.94. The molecule has 5 atom stereocenters. The van der Waals surface area contributed by atoms with Gasteiger partial charge in [0.1, 0.15) is 18.1 Å². The van der Waals surface area contributed by atoms with E-state index < -0.39 is 18.8 Å². The number of fused-ring (bicyclic) bond motifs is 1. The van der Waals surface area contributed by atoms with Crippen LogP contribution in [0.25, 0.3) is 0 Å². The molecule has 2 aliphatic rings. The predicted molar refractivity (Wildman–Crippen MR) is 111 cm³/mol. The van der Waals surface area contributed by atoms with Gasteiger partial charge < -0.3 is 29.6 Å². The van der Waals surface area contributed by atoms with E-state index in [0.29, 0.717) is 19.6 Å². The monoisotopic (exact) mass is 424 g/mol. The lowest BCUT2D eigenvalue weighted by atomic mass is 10.1. The van der Waals surface area contributed by atoms with Crippen LogP contribution in [-0.2, 0) is 11.3 Å². The molecule has 0 aromatic carbocycles. The van der Waals surface area contributed by atoms with Crippen LogP contribution < -0.4 is 0 Å². The van der Waals surface area contributed by atoms with E-state index in [0.717, 1.165) is 29.7 Å². The maximum absolute atomic E-state index is 10.2. The third-order valence-electron chi connectivity index (χ3n) is 6.64. The van der Waals surface area contributed by atoms with Crippen LogP contribution in [-0.4, -0.2) is 117 Å². The lowest BCUT2D eigenvalue weighted by Gasteiger charge is -2.33. The molecule has 170 valence electrons. The molecule has 0 spiro atoms. The van der Waals surface area contributed by atoms with Gasteiger partial charge in [-0.1, -0.05) is 0 Å². The summed E-state index contributed by atoms with van der Waals surface area (Å²) in [4.78, 5) is 8.09. The van der Waals surface area contributed by atoms with Crippen LogP contribution in [0.4, 0.5) is 0 Å². The van der Waals surface area contributed by atoms with Crippen LogP contribution in [0.1, 0.15) is 19.4 Å². The van der Waals surface area contributed by atoms with E-state index in [4.69, 9.17) is 4.74 Å². The molecule has 0 radical (unpaired) electrons. The maximum atomic E-state index is 10.2. The first kappa shape index (κ1) is 23.3. The Kier molecular flexibility index (Phi) is 7.67. The number of rotatable bonds is 12. The standard InChI is InChI=1S/C21H36N4O5/c1-15-12-25(16(2)21(25)30-15)9-8-24(11-17-4-5-22-10-19(17)28)7-6-23(3)18(13-26)20(29)14-27/h4-5,10,15,18,20-21,26-29H,6-9,11-14H2,1-3H3/t15-,18+,20+,21-,25-/m0/s1. The van der Waals surface area contributed by atoms with Crippen LogP contribution in [0, 0.1) is 6.04 Å². The van der Waals surface area contributed by atoms with E-state index in [-0.39, 0.29) is 24.7 Å². The SMILES string of the molecule is C[C-]1[C@@H]2O[C@@H](C)C[N@@+]12CCN(CCN(C)[C@H](CO)[C@H](O)CO)Cc1ccncc1O. The smallest absolute Gasteiger partial charge is 0.138 e. The van der Waals surface area contributed by atoms with Crippen molar-refractivity contribution in [3.63, 3.8) is 0 Å². The molecule has 3 heterocycles. The lowest BCUT2D eigenvalue weighted by Crippen LogP contribution is -2.48. The number of likely N-dealkylation sites (N-methyl/N-ethyl adjacent to an activating group) is 1. The number of hydrogen-bond acceptors (Lipinski definition) is 8. The van der Waals surface area contributed by atoms with E-state index in [1.807, 2.05) is 18.0 Å². The molecule has 4 N–H and O–H groups in total. The van der Waals surface area contributed by atoms with E-state index in [2.05, 4.69) is 23.7 Å². The van der Waals surface area contributed by atoms with Gasteiger partial charge in [0.2, 0.25) is 0 Å². The molecule has 9 nitrogen and oxygen atoms in total. The van der Waals surface area contributed by atoms with Crippen molar-refractivity contribution in [1.82, 2.24) is 14.8 Å². The van der Waals surface area contributed by atoms with Crippen molar-refractivity contribution in [1.29, 1.82) is 0 Å². The van der Waals surface area contributed by atoms with Gasteiger partial charge in [-0.2, -0.15) is 0 Å². The minimum Gasteiger partial charge on any atom is -0.506 e. The minimum absolute atomic E-state index is 0.178. The molecule has 2 saturated heterocycles. The number of hydrogen-bond donors (Lipinski definition) is 4. The largest absolute Gasteiger partial charge is 0.506 e. The fourth-order valence-electron chi connectivity index (χ4n) is 4.57. The Bertz CT molecular complexity index is 695. The van der Waals surface area contributed by atoms with Gasteiger partial charge in [0.05, 0.1) is 44.6 Å². The van der Waals surface area contributed by atoms with Gasteiger partial charge in [-0.15, -0.1) is 6.92 Å². The zero-order valence-electron chi connectivity index (χ0n) is 18.2. The molecule has 30 heavy (non-hydrogen) atoms. The normalized spacial score (nSPS) is 28.1. The number of aromatic hydroxyl groups is 1. The Morgan fingerprint density at radius 1 is 1.30 bits per heavy atom. The quantitative estimate of drug-likeness (QED) is 0.199. The first-order valence-corrected chi connectivity index (χ1v) is 10.6. The highest BCUT2D eigenvalue weighted by atomic mass is 16.6. The van der Waals surface area contributed by atoms with Crippen molar-refractivity contribution in [2.45, 2.75) is 44.9 Å². The lowest BCUT2D eigenvalue weighted by molar-refractivity contribution is -0.802. The second kappa shape index (κ2) is 9.86. The van der Waals surface area contributed by atoms with Gasteiger partial charge in [0, 0.05) is 37.9 Å². The molecule has 1 aromatic heterocycles. The van der Waals surface area contributed by atoms with E-state index in [1.54, 1.807) is 6.20 Å². The van der Waals surface area contributed by atoms with Crippen molar-refractivity contribution < 1.29 is 29.6 Å².